The molecule has 1 fully saturated rings. The fourth-order valence-electron chi connectivity index (χ4n) is 2.72. The van der Waals surface area contributed by atoms with Gasteiger partial charge >= 0.3 is 0 Å². The van der Waals surface area contributed by atoms with Crippen LogP contribution in [-0.4, -0.2) is 25.2 Å². The van der Waals surface area contributed by atoms with E-state index in [9.17, 15) is 4.79 Å². The molecule has 1 N–H and O–H groups in total. The molecule has 4 nitrogen and oxygen atoms in total. The monoisotopic (exact) mass is 325 g/mol. The first kappa shape index (κ1) is 16.5. The molecule has 0 bridgehead atoms. The van der Waals surface area contributed by atoms with Crippen molar-refractivity contribution in [3.05, 3.63) is 65.7 Å². The van der Waals surface area contributed by atoms with E-state index >= 15 is 0 Å². The maximum absolute atomic E-state index is 11.9. The van der Waals surface area contributed by atoms with E-state index in [-0.39, 0.29) is 12.0 Å². The summed E-state index contributed by atoms with van der Waals surface area (Å²) < 4.78 is 11.1. The summed E-state index contributed by atoms with van der Waals surface area (Å²) in [5.41, 5.74) is 2.33. The summed E-state index contributed by atoms with van der Waals surface area (Å²) in [6, 6.07) is 18.1. The van der Waals surface area contributed by atoms with E-state index in [0.717, 1.165) is 30.6 Å². The number of hydrogen-bond acceptors (Lipinski definition) is 3. The first-order valence-electron chi connectivity index (χ1n) is 8.46. The number of carbonyl (C=O) groups is 1. The number of benzene rings is 2. The molecule has 1 amide bonds. The van der Waals surface area contributed by atoms with Gasteiger partial charge in [-0.05, 0) is 42.5 Å². The molecule has 0 spiro atoms. The highest BCUT2D eigenvalue weighted by Crippen LogP contribution is 2.15. The first-order valence-corrected chi connectivity index (χ1v) is 8.46. The Bertz CT molecular complexity index is 634. The quantitative estimate of drug-likeness (QED) is 0.851. The molecule has 2 aromatic rings. The third-order valence-corrected chi connectivity index (χ3v) is 4.11. The topological polar surface area (TPSA) is 47.6 Å². The molecule has 0 saturated carbocycles. The second-order valence-electron chi connectivity index (χ2n) is 5.96. The maximum atomic E-state index is 11.9. The number of hydrogen-bond donors (Lipinski definition) is 1. The van der Waals surface area contributed by atoms with Crippen molar-refractivity contribution >= 4 is 5.91 Å². The van der Waals surface area contributed by atoms with Crippen molar-refractivity contribution in [1.29, 1.82) is 0 Å². The van der Waals surface area contributed by atoms with Crippen LogP contribution in [0.2, 0.25) is 0 Å². The highest BCUT2D eigenvalue weighted by molar-refractivity contribution is 5.80. The molecule has 1 atom stereocenters. The Kier molecular flexibility index (Phi) is 5.85. The molecule has 1 aliphatic rings. The van der Waals surface area contributed by atoms with Gasteiger partial charge < -0.3 is 14.8 Å². The van der Waals surface area contributed by atoms with Crippen molar-refractivity contribution < 1.29 is 14.3 Å². The molecule has 24 heavy (non-hydrogen) atoms. The number of ether oxygens (including phenoxy) is 2. The van der Waals surface area contributed by atoms with Crippen LogP contribution < -0.4 is 10.1 Å². The Morgan fingerprint density at radius 1 is 1.08 bits per heavy atom. The summed E-state index contributed by atoms with van der Waals surface area (Å²) in [6.45, 7) is 1.89. The van der Waals surface area contributed by atoms with Gasteiger partial charge in [0.1, 0.15) is 18.5 Å². The molecule has 0 aliphatic carbocycles. The third-order valence-electron chi connectivity index (χ3n) is 4.11. The fraction of sp³-hybridized carbons (Fsp3) is 0.350. The van der Waals surface area contributed by atoms with E-state index in [1.807, 2.05) is 54.6 Å². The van der Waals surface area contributed by atoms with Crippen molar-refractivity contribution in [1.82, 2.24) is 5.32 Å². The lowest BCUT2D eigenvalue weighted by molar-refractivity contribution is -0.129. The lowest BCUT2D eigenvalue weighted by Gasteiger charge is -2.11. The smallest absolute Gasteiger partial charge is 0.249 e. The minimum absolute atomic E-state index is 0.00955. The van der Waals surface area contributed by atoms with Crippen LogP contribution in [0, 0.1) is 0 Å². The maximum Gasteiger partial charge on any atom is 0.249 e. The normalized spacial score (nSPS) is 16.8. The van der Waals surface area contributed by atoms with Crippen LogP contribution in [0.5, 0.6) is 5.75 Å². The lowest BCUT2D eigenvalue weighted by atomic mass is 10.1. The van der Waals surface area contributed by atoms with Crippen LogP contribution >= 0.6 is 0 Å². The fourth-order valence-corrected chi connectivity index (χ4v) is 2.72. The van der Waals surface area contributed by atoms with Gasteiger partial charge in [0.25, 0.3) is 0 Å². The van der Waals surface area contributed by atoms with Crippen LogP contribution in [0.15, 0.2) is 54.6 Å². The summed E-state index contributed by atoms with van der Waals surface area (Å²) in [7, 11) is 0. The van der Waals surface area contributed by atoms with Crippen LogP contribution in [0.4, 0.5) is 0 Å². The lowest BCUT2D eigenvalue weighted by Crippen LogP contribution is -2.35. The summed E-state index contributed by atoms with van der Waals surface area (Å²) >= 11 is 0. The van der Waals surface area contributed by atoms with Crippen molar-refractivity contribution in [3.63, 3.8) is 0 Å². The van der Waals surface area contributed by atoms with Crippen molar-refractivity contribution in [3.8, 4) is 5.75 Å². The minimum Gasteiger partial charge on any atom is -0.489 e. The molecule has 2 aromatic carbocycles. The average molecular weight is 325 g/mol. The van der Waals surface area contributed by atoms with Crippen molar-refractivity contribution in [2.45, 2.75) is 32.0 Å². The Morgan fingerprint density at radius 3 is 2.58 bits per heavy atom. The van der Waals surface area contributed by atoms with Gasteiger partial charge in [-0.3, -0.25) is 4.79 Å². The SMILES string of the molecule is O=C(NCCc1ccc(OCc2ccccc2)cc1)[C@@H]1CCCO1. The number of carbonyl (C=O) groups excluding carboxylic acids is 1. The predicted molar refractivity (Wildman–Crippen MR) is 92.9 cm³/mol. The predicted octanol–water partition coefficient (Wildman–Crippen LogP) is 3.10. The highest BCUT2D eigenvalue weighted by atomic mass is 16.5. The van der Waals surface area contributed by atoms with Gasteiger partial charge in [-0.2, -0.15) is 0 Å². The van der Waals surface area contributed by atoms with Gasteiger partial charge in [0.15, 0.2) is 0 Å². The Morgan fingerprint density at radius 2 is 1.88 bits per heavy atom. The summed E-state index contributed by atoms with van der Waals surface area (Å²) in [6.07, 6.45) is 2.36. The highest BCUT2D eigenvalue weighted by Gasteiger charge is 2.22. The van der Waals surface area contributed by atoms with Gasteiger partial charge in [-0.15, -0.1) is 0 Å². The van der Waals surface area contributed by atoms with Gasteiger partial charge in [0, 0.05) is 13.2 Å². The standard InChI is InChI=1S/C20H23NO3/c22-20(19-7-4-14-23-19)21-13-12-16-8-10-18(11-9-16)24-15-17-5-2-1-3-6-17/h1-3,5-6,8-11,19H,4,7,12-15H2,(H,21,22)/t19-/m0/s1. The third kappa shape index (κ3) is 4.83. The Hall–Kier alpha value is -2.33. The van der Waals surface area contributed by atoms with E-state index in [0.29, 0.717) is 19.8 Å². The summed E-state index contributed by atoms with van der Waals surface area (Å²) in [4.78, 5) is 11.9. The molecule has 3 rings (SSSR count). The van der Waals surface area contributed by atoms with Crippen molar-refractivity contribution in [2.24, 2.45) is 0 Å². The molecule has 1 aliphatic heterocycles. The number of rotatable bonds is 7. The van der Waals surface area contributed by atoms with E-state index in [4.69, 9.17) is 9.47 Å². The van der Waals surface area contributed by atoms with E-state index in [1.54, 1.807) is 0 Å². The van der Waals surface area contributed by atoms with E-state index in [1.165, 1.54) is 5.56 Å². The minimum atomic E-state index is -0.251. The molecule has 0 unspecified atom stereocenters. The van der Waals surface area contributed by atoms with Crippen LogP contribution in [-0.2, 0) is 22.6 Å². The van der Waals surface area contributed by atoms with Crippen LogP contribution in [0.3, 0.4) is 0 Å². The number of nitrogens with one attached hydrogen (secondary N) is 1. The first-order chi connectivity index (χ1) is 11.8. The van der Waals surface area contributed by atoms with Gasteiger partial charge in [0.05, 0.1) is 0 Å². The Balaban J connectivity index is 1.40. The largest absolute Gasteiger partial charge is 0.489 e. The molecule has 4 heteroatoms. The Labute approximate surface area is 142 Å². The van der Waals surface area contributed by atoms with E-state index in [2.05, 4.69) is 5.32 Å². The molecular weight excluding hydrogens is 302 g/mol. The average Bonchev–Trinajstić information content (AvgIpc) is 3.17. The summed E-state index contributed by atoms with van der Waals surface area (Å²) in [5.74, 6) is 0.862. The second kappa shape index (κ2) is 8.50. The zero-order chi connectivity index (χ0) is 16.6. The molecule has 1 saturated heterocycles. The molecule has 0 radical (unpaired) electrons. The van der Waals surface area contributed by atoms with Crippen molar-refractivity contribution in [2.75, 3.05) is 13.2 Å². The molecule has 126 valence electrons. The van der Waals surface area contributed by atoms with Crippen LogP contribution in [0.25, 0.3) is 0 Å². The summed E-state index contributed by atoms with van der Waals surface area (Å²) in [5, 5.41) is 2.94. The molecule has 0 aromatic heterocycles. The van der Waals surface area contributed by atoms with Gasteiger partial charge in [-0.1, -0.05) is 42.5 Å². The molecule has 1 heterocycles. The van der Waals surface area contributed by atoms with Crippen LogP contribution in [0.1, 0.15) is 24.0 Å². The number of amides is 1. The van der Waals surface area contributed by atoms with E-state index < -0.39 is 0 Å². The van der Waals surface area contributed by atoms with Gasteiger partial charge in [-0.25, -0.2) is 0 Å². The second-order valence-corrected chi connectivity index (χ2v) is 5.96. The zero-order valence-electron chi connectivity index (χ0n) is 13.7. The molecular formula is C20H23NO3. The zero-order valence-corrected chi connectivity index (χ0v) is 13.7. The van der Waals surface area contributed by atoms with Gasteiger partial charge in [0.2, 0.25) is 5.91 Å².